The van der Waals surface area contributed by atoms with Crippen LogP contribution in [-0.2, 0) is 0 Å². The second-order valence-electron chi connectivity index (χ2n) is 4.08. The second-order valence-corrected chi connectivity index (χ2v) is 5.34. The van der Waals surface area contributed by atoms with Crippen LogP contribution in [0.1, 0.15) is 29.1 Å². The molecule has 0 fully saturated rings. The fourth-order valence-corrected chi connectivity index (χ4v) is 2.29. The summed E-state index contributed by atoms with van der Waals surface area (Å²) in [5.74, 6) is -0.0938. The lowest BCUT2D eigenvalue weighted by Gasteiger charge is -2.14. The van der Waals surface area contributed by atoms with E-state index in [1.54, 1.807) is 0 Å². The van der Waals surface area contributed by atoms with Crippen LogP contribution in [0.2, 0.25) is 5.02 Å². The Balaban J connectivity index is 2.57. The van der Waals surface area contributed by atoms with Crippen LogP contribution in [0.25, 0.3) is 0 Å². The quantitative estimate of drug-likeness (QED) is 0.875. The number of carbonyl (C=O) groups is 1. The van der Waals surface area contributed by atoms with E-state index in [0.29, 0.717) is 9.90 Å². The lowest BCUT2D eigenvalue weighted by molar-refractivity contribution is 0.0875. The van der Waals surface area contributed by atoms with Gasteiger partial charge in [0.15, 0.2) is 0 Å². The summed E-state index contributed by atoms with van der Waals surface area (Å²) in [4.78, 5) is 12.2. The topological polar surface area (TPSA) is 49.3 Å². The summed E-state index contributed by atoms with van der Waals surface area (Å²) in [6.07, 6.45) is -0.524. The van der Waals surface area contributed by atoms with Gasteiger partial charge in [0.2, 0.25) is 0 Å². The smallest absolute Gasteiger partial charge is 0.262 e. The third kappa shape index (κ3) is 3.20. The molecule has 0 aromatic carbocycles. The standard InChI is InChI=1S/C11H16ClNO2S/c1-6(2)8(14)4-13-11(15)10-9(12)7(3)5-16-10/h5-6,8,14H,4H2,1-3H3,(H,13,15). The Labute approximate surface area is 104 Å². The largest absolute Gasteiger partial charge is 0.391 e. The van der Waals surface area contributed by atoms with E-state index in [2.05, 4.69) is 5.32 Å². The first-order chi connectivity index (χ1) is 7.43. The zero-order valence-corrected chi connectivity index (χ0v) is 11.2. The summed E-state index contributed by atoms with van der Waals surface area (Å²) in [5.41, 5.74) is 0.904. The summed E-state index contributed by atoms with van der Waals surface area (Å²) in [6.45, 7) is 5.92. The highest BCUT2D eigenvalue weighted by atomic mass is 35.5. The number of halogens is 1. The van der Waals surface area contributed by atoms with Crippen molar-refractivity contribution in [1.29, 1.82) is 0 Å². The third-order valence-electron chi connectivity index (χ3n) is 2.35. The number of carbonyl (C=O) groups excluding carboxylic acids is 1. The van der Waals surface area contributed by atoms with Gasteiger partial charge in [-0.2, -0.15) is 0 Å². The van der Waals surface area contributed by atoms with Gasteiger partial charge in [-0.25, -0.2) is 0 Å². The Morgan fingerprint density at radius 2 is 2.25 bits per heavy atom. The fraction of sp³-hybridized carbons (Fsp3) is 0.545. The molecule has 3 nitrogen and oxygen atoms in total. The SMILES string of the molecule is Cc1csc(C(=O)NCC(O)C(C)C)c1Cl. The summed E-state index contributed by atoms with van der Waals surface area (Å²) in [7, 11) is 0. The van der Waals surface area contributed by atoms with E-state index in [-0.39, 0.29) is 18.4 Å². The van der Waals surface area contributed by atoms with E-state index in [9.17, 15) is 9.90 Å². The summed E-state index contributed by atoms with van der Waals surface area (Å²) < 4.78 is 0. The normalized spacial score (nSPS) is 12.9. The summed E-state index contributed by atoms with van der Waals surface area (Å²) >= 11 is 7.29. The first-order valence-electron chi connectivity index (χ1n) is 5.13. The third-order valence-corrected chi connectivity index (χ3v) is 4.04. The van der Waals surface area contributed by atoms with Crippen molar-refractivity contribution in [3.05, 3.63) is 20.8 Å². The van der Waals surface area contributed by atoms with Gasteiger partial charge in [-0.1, -0.05) is 25.4 Å². The van der Waals surface area contributed by atoms with Crippen LogP contribution >= 0.6 is 22.9 Å². The lowest BCUT2D eigenvalue weighted by atomic mass is 10.1. The Morgan fingerprint density at radius 3 is 2.69 bits per heavy atom. The average molecular weight is 262 g/mol. The molecular formula is C11H16ClNO2S. The van der Waals surface area contributed by atoms with Crippen LogP contribution in [0.3, 0.4) is 0 Å². The minimum atomic E-state index is -0.524. The van der Waals surface area contributed by atoms with Crippen molar-refractivity contribution in [2.24, 2.45) is 5.92 Å². The Bertz CT molecular complexity index is 376. The summed E-state index contributed by atoms with van der Waals surface area (Å²) in [5, 5.41) is 14.6. The molecule has 1 atom stereocenters. The number of hydrogen-bond donors (Lipinski definition) is 2. The average Bonchev–Trinajstić information content (AvgIpc) is 2.55. The first-order valence-corrected chi connectivity index (χ1v) is 6.39. The van der Waals surface area contributed by atoms with Crippen LogP contribution < -0.4 is 5.32 Å². The molecule has 5 heteroatoms. The van der Waals surface area contributed by atoms with Crippen molar-refractivity contribution < 1.29 is 9.90 Å². The number of amides is 1. The molecule has 16 heavy (non-hydrogen) atoms. The van der Waals surface area contributed by atoms with Gasteiger partial charge in [-0.15, -0.1) is 11.3 Å². The van der Waals surface area contributed by atoms with Gasteiger partial charge in [-0.05, 0) is 23.8 Å². The van der Waals surface area contributed by atoms with Gasteiger partial charge in [0.1, 0.15) is 4.88 Å². The lowest BCUT2D eigenvalue weighted by Crippen LogP contribution is -2.34. The minimum absolute atomic E-state index is 0.126. The monoisotopic (exact) mass is 261 g/mol. The maximum Gasteiger partial charge on any atom is 0.262 e. The molecule has 1 unspecified atom stereocenters. The van der Waals surface area contributed by atoms with Gasteiger partial charge < -0.3 is 10.4 Å². The molecule has 0 saturated carbocycles. The molecule has 0 bridgehead atoms. The highest BCUT2D eigenvalue weighted by Gasteiger charge is 2.16. The summed E-state index contributed by atoms with van der Waals surface area (Å²) in [6, 6.07) is 0. The zero-order chi connectivity index (χ0) is 12.3. The van der Waals surface area contributed by atoms with Crippen molar-refractivity contribution in [1.82, 2.24) is 5.32 Å². The molecular weight excluding hydrogens is 246 g/mol. The molecule has 1 aromatic rings. The van der Waals surface area contributed by atoms with Gasteiger partial charge in [0.05, 0.1) is 11.1 Å². The van der Waals surface area contributed by atoms with Crippen molar-refractivity contribution in [2.45, 2.75) is 26.9 Å². The fourth-order valence-electron chi connectivity index (χ4n) is 1.10. The molecule has 90 valence electrons. The second kappa shape index (κ2) is 5.66. The number of aliphatic hydroxyl groups excluding tert-OH is 1. The number of thiophene rings is 1. The molecule has 0 spiro atoms. The molecule has 0 aliphatic rings. The van der Waals surface area contributed by atoms with E-state index in [1.807, 2.05) is 26.2 Å². The minimum Gasteiger partial charge on any atom is -0.391 e. The van der Waals surface area contributed by atoms with Crippen LogP contribution in [-0.4, -0.2) is 23.7 Å². The Morgan fingerprint density at radius 1 is 1.62 bits per heavy atom. The first kappa shape index (κ1) is 13.5. The van der Waals surface area contributed by atoms with Crippen molar-refractivity contribution in [3.8, 4) is 0 Å². The molecule has 1 aromatic heterocycles. The van der Waals surface area contributed by atoms with Crippen LogP contribution in [0.15, 0.2) is 5.38 Å². The molecule has 0 aliphatic heterocycles. The molecule has 1 rings (SSSR count). The molecule has 2 N–H and O–H groups in total. The predicted molar refractivity (Wildman–Crippen MR) is 67.2 cm³/mol. The van der Waals surface area contributed by atoms with Crippen LogP contribution in [0.5, 0.6) is 0 Å². The van der Waals surface area contributed by atoms with Gasteiger partial charge in [0, 0.05) is 6.54 Å². The maximum absolute atomic E-state index is 11.7. The number of aryl methyl sites for hydroxylation is 1. The van der Waals surface area contributed by atoms with E-state index >= 15 is 0 Å². The maximum atomic E-state index is 11.7. The molecule has 1 heterocycles. The van der Waals surface area contributed by atoms with Gasteiger partial charge in [0.25, 0.3) is 5.91 Å². The predicted octanol–water partition coefficient (Wildman–Crippen LogP) is 2.46. The van der Waals surface area contributed by atoms with E-state index in [0.717, 1.165) is 5.56 Å². The molecule has 0 aliphatic carbocycles. The van der Waals surface area contributed by atoms with Gasteiger partial charge >= 0.3 is 0 Å². The van der Waals surface area contributed by atoms with Crippen molar-refractivity contribution >= 4 is 28.8 Å². The molecule has 0 radical (unpaired) electrons. The van der Waals surface area contributed by atoms with Crippen LogP contribution in [0, 0.1) is 12.8 Å². The zero-order valence-electron chi connectivity index (χ0n) is 9.58. The Hall–Kier alpha value is -0.580. The van der Waals surface area contributed by atoms with Gasteiger partial charge in [-0.3, -0.25) is 4.79 Å². The van der Waals surface area contributed by atoms with Crippen molar-refractivity contribution in [3.63, 3.8) is 0 Å². The highest BCUT2D eigenvalue weighted by Crippen LogP contribution is 2.26. The number of rotatable bonds is 4. The number of nitrogens with one attached hydrogen (secondary N) is 1. The van der Waals surface area contributed by atoms with E-state index in [1.165, 1.54) is 11.3 Å². The van der Waals surface area contributed by atoms with E-state index in [4.69, 9.17) is 11.6 Å². The van der Waals surface area contributed by atoms with Crippen LogP contribution in [0.4, 0.5) is 0 Å². The molecule has 1 amide bonds. The highest BCUT2D eigenvalue weighted by molar-refractivity contribution is 7.13. The number of aliphatic hydroxyl groups is 1. The van der Waals surface area contributed by atoms with E-state index < -0.39 is 6.10 Å². The Kier molecular flexibility index (Phi) is 4.77. The van der Waals surface area contributed by atoms with Crippen molar-refractivity contribution in [2.75, 3.05) is 6.54 Å². The molecule has 0 saturated heterocycles. The number of hydrogen-bond acceptors (Lipinski definition) is 3.